The summed E-state index contributed by atoms with van der Waals surface area (Å²) in [5.41, 5.74) is 4.74. The number of benzene rings is 1. The van der Waals surface area contributed by atoms with Gasteiger partial charge in [0.25, 0.3) is 0 Å². The van der Waals surface area contributed by atoms with Crippen LogP contribution in [0.1, 0.15) is 77.8 Å². The Morgan fingerprint density at radius 2 is 1.62 bits per heavy atom. The minimum atomic E-state index is 0.0431. The van der Waals surface area contributed by atoms with Gasteiger partial charge in [-0.3, -0.25) is 4.90 Å². The van der Waals surface area contributed by atoms with Crippen LogP contribution in [0.25, 0.3) is 11.1 Å². The van der Waals surface area contributed by atoms with Crippen molar-refractivity contribution in [3.8, 4) is 0 Å². The molecule has 0 unspecified atom stereocenters. The molecular formula is C21H32N2O. The predicted octanol–water partition coefficient (Wildman–Crippen LogP) is 5.41. The van der Waals surface area contributed by atoms with E-state index in [1.165, 1.54) is 30.4 Å². The Balaban J connectivity index is 2.03. The predicted molar refractivity (Wildman–Crippen MR) is 101 cm³/mol. The number of hydrogen-bond donors (Lipinski definition) is 0. The van der Waals surface area contributed by atoms with E-state index in [4.69, 9.17) is 9.40 Å². The van der Waals surface area contributed by atoms with Gasteiger partial charge in [0, 0.05) is 5.56 Å². The highest BCUT2D eigenvalue weighted by Gasteiger charge is 2.25. The normalized spacial score (nSPS) is 17.6. The van der Waals surface area contributed by atoms with E-state index in [0.29, 0.717) is 0 Å². The number of hydrogen-bond acceptors (Lipinski definition) is 3. The van der Waals surface area contributed by atoms with E-state index in [-0.39, 0.29) is 10.8 Å². The van der Waals surface area contributed by atoms with Crippen molar-refractivity contribution in [1.82, 2.24) is 9.88 Å². The van der Waals surface area contributed by atoms with Gasteiger partial charge in [0.05, 0.1) is 6.54 Å². The van der Waals surface area contributed by atoms with Gasteiger partial charge in [0.1, 0.15) is 5.52 Å². The number of rotatable bonds is 2. The molecule has 24 heavy (non-hydrogen) atoms. The fourth-order valence-electron chi connectivity index (χ4n) is 3.45. The Morgan fingerprint density at radius 3 is 2.21 bits per heavy atom. The average molecular weight is 329 g/mol. The van der Waals surface area contributed by atoms with Gasteiger partial charge in [-0.15, -0.1) is 0 Å². The topological polar surface area (TPSA) is 29.3 Å². The smallest absolute Gasteiger partial charge is 0.209 e. The molecule has 0 spiro atoms. The average Bonchev–Trinajstić information content (AvgIpc) is 2.87. The molecule has 1 aromatic carbocycles. The summed E-state index contributed by atoms with van der Waals surface area (Å²) in [5.74, 6) is 0.864. The lowest BCUT2D eigenvalue weighted by Crippen LogP contribution is -2.29. The first-order chi connectivity index (χ1) is 11.1. The number of fused-ring (bicyclic) bond motifs is 1. The van der Waals surface area contributed by atoms with Crippen LogP contribution < -0.4 is 0 Å². The zero-order chi connectivity index (χ0) is 17.5. The van der Waals surface area contributed by atoms with Crippen molar-refractivity contribution in [3.63, 3.8) is 0 Å². The first-order valence-electron chi connectivity index (χ1n) is 9.31. The third kappa shape index (κ3) is 3.66. The van der Waals surface area contributed by atoms with E-state index in [9.17, 15) is 0 Å². The van der Waals surface area contributed by atoms with Gasteiger partial charge in [0.15, 0.2) is 5.58 Å². The molecule has 3 nitrogen and oxygen atoms in total. The van der Waals surface area contributed by atoms with Crippen molar-refractivity contribution in [1.29, 1.82) is 0 Å². The first kappa shape index (κ1) is 17.5. The van der Waals surface area contributed by atoms with Gasteiger partial charge in [-0.2, -0.15) is 0 Å². The minimum Gasteiger partial charge on any atom is -0.439 e. The number of aromatic nitrogens is 1. The standard InChI is InChI=1S/C21H32N2O/c1-20(2,3)15-12-16(21(4,5)6)19-17(13-15)22-18(24-19)14-23-10-8-7-9-11-23/h12-13H,7-11,14H2,1-6H3. The third-order valence-corrected chi connectivity index (χ3v) is 5.02. The summed E-state index contributed by atoms with van der Waals surface area (Å²) in [4.78, 5) is 7.31. The van der Waals surface area contributed by atoms with E-state index in [2.05, 4.69) is 58.6 Å². The molecule has 0 bridgehead atoms. The molecule has 3 heteroatoms. The van der Waals surface area contributed by atoms with Crippen LogP contribution >= 0.6 is 0 Å². The summed E-state index contributed by atoms with van der Waals surface area (Å²) < 4.78 is 6.24. The lowest BCUT2D eigenvalue weighted by atomic mass is 9.80. The maximum atomic E-state index is 6.24. The molecule has 1 aromatic heterocycles. The monoisotopic (exact) mass is 328 g/mol. The van der Waals surface area contributed by atoms with Crippen LogP contribution in [0.15, 0.2) is 16.5 Å². The van der Waals surface area contributed by atoms with Gasteiger partial charge in [-0.05, 0) is 48.4 Å². The summed E-state index contributed by atoms with van der Waals surface area (Å²) in [7, 11) is 0. The van der Waals surface area contributed by atoms with Crippen molar-refractivity contribution in [3.05, 3.63) is 29.2 Å². The SMILES string of the molecule is CC(C)(C)c1cc(C(C)(C)C)c2oc(CN3CCCCC3)nc2c1. The van der Waals surface area contributed by atoms with Crippen molar-refractivity contribution < 1.29 is 4.42 Å². The first-order valence-corrected chi connectivity index (χ1v) is 9.31. The number of likely N-dealkylation sites (tertiary alicyclic amines) is 1. The molecular weight excluding hydrogens is 296 g/mol. The lowest BCUT2D eigenvalue weighted by Gasteiger charge is -2.25. The molecule has 1 aliphatic heterocycles. The Kier molecular flexibility index (Phi) is 4.50. The summed E-state index contributed by atoms with van der Waals surface area (Å²) in [6.45, 7) is 16.7. The summed E-state index contributed by atoms with van der Waals surface area (Å²) >= 11 is 0. The molecule has 0 radical (unpaired) electrons. The van der Waals surface area contributed by atoms with E-state index >= 15 is 0 Å². The van der Waals surface area contributed by atoms with Crippen LogP contribution in [0.3, 0.4) is 0 Å². The van der Waals surface area contributed by atoms with E-state index in [0.717, 1.165) is 36.6 Å². The maximum absolute atomic E-state index is 6.24. The molecule has 0 amide bonds. The summed E-state index contributed by atoms with van der Waals surface area (Å²) in [6.07, 6.45) is 3.94. The second-order valence-corrected chi connectivity index (χ2v) is 9.32. The molecule has 2 aromatic rings. The van der Waals surface area contributed by atoms with Crippen molar-refractivity contribution in [2.24, 2.45) is 0 Å². The molecule has 3 rings (SSSR count). The van der Waals surface area contributed by atoms with Crippen molar-refractivity contribution in [2.75, 3.05) is 13.1 Å². The Morgan fingerprint density at radius 1 is 0.958 bits per heavy atom. The van der Waals surface area contributed by atoms with Crippen LogP contribution in [0, 0.1) is 0 Å². The van der Waals surface area contributed by atoms with E-state index in [1.807, 2.05) is 0 Å². The Bertz CT molecular complexity index is 710. The van der Waals surface area contributed by atoms with Crippen LogP contribution in [0.4, 0.5) is 0 Å². The molecule has 1 saturated heterocycles. The molecule has 0 atom stereocenters. The van der Waals surface area contributed by atoms with Gasteiger partial charge in [-0.1, -0.05) is 54.0 Å². The molecule has 0 saturated carbocycles. The minimum absolute atomic E-state index is 0.0431. The van der Waals surface area contributed by atoms with Gasteiger partial charge in [0.2, 0.25) is 5.89 Å². The summed E-state index contributed by atoms with van der Waals surface area (Å²) in [5, 5.41) is 0. The number of piperidine rings is 1. The quantitative estimate of drug-likeness (QED) is 0.738. The third-order valence-electron chi connectivity index (χ3n) is 5.02. The maximum Gasteiger partial charge on any atom is 0.209 e. The van der Waals surface area contributed by atoms with Crippen molar-refractivity contribution in [2.45, 2.75) is 78.2 Å². The largest absolute Gasteiger partial charge is 0.439 e. The lowest BCUT2D eigenvalue weighted by molar-refractivity contribution is 0.203. The fourth-order valence-corrected chi connectivity index (χ4v) is 3.45. The second-order valence-electron chi connectivity index (χ2n) is 9.32. The highest BCUT2D eigenvalue weighted by molar-refractivity contribution is 5.79. The van der Waals surface area contributed by atoms with Gasteiger partial charge in [-0.25, -0.2) is 4.98 Å². The molecule has 1 aliphatic rings. The van der Waals surface area contributed by atoms with E-state index < -0.39 is 0 Å². The highest BCUT2D eigenvalue weighted by atomic mass is 16.3. The Labute approximate surface area is 146 Å². The van der Waals surface area contributed by atoms with Crippen LogP contribution in [-0.4, -0.2) is 23.0 Å². The van der Waals surface area contributed by atoms with Crippen LogP contribution in [0.5, 0.6) is 0 Å². The molecule has 132 valence electrons. The van der Waals surface area contributed by atoms with Crippen LogP contribution in [0.2, 0.25) is 0 Å². The summed E-state index contributed by atoms with van der Waals surface area (Å²) in [6, 6.07) is 4.53. The Hall–Kier alpha value is -1.35. The van der Waals surface area contributed by atoms with Crippen molar-refractivity contribution >= 4 is 11.1 Å². The molecule has 0 N–H and O–H groups in total. The highest BCUT2D eigenvalue weighted by Crippen LogP contribution is 2.35. The zero-order valence-electron chi connectivity index (χ0n) is 16.2. The van der Waals surface area contributed by atoms with E-state index in [1.54, 1.807) is 0 Å². The van der Waals surface area contributed by atoms with Gasteiger partial charge >= 0.3 is 0 Å². The molecule has 0 aliphatic carbocycles. The molecule has 1 fully saturated rings. The van der Waals surface area contributed by atoms with Crippen LogP contribution in [-0.2, 0) is 17.4 Å². The number of oxazole rings is 1. The fraction of sp³-hybridized carbons (Fsp3) is 0.667. The van der Waals surface area contributed by atoms with Gasteiger partial charge < -0.3 is 4.42 Å². The number of nitrogens with zero attached hydrogens (tertiary/aromatic N) is 2. The second kappa shape index (κ2) is 6.18. The molecule has 2 heterocycles. The zero-order valence-corrected chi connectivity index (χ0v) is 16.2.